The molecule has 0 saturated heterocycles. The first-order valence-electron chi connectivity index (χ1n) is 6.82. The molecule has 21 heavy (non-hydrogen) atoms. The normalized spacial score (nSPS) is 14.6. The number of hydrogen-bond acceptors (Lipinski definition) is 3. The SMILES string of the molecule is Cc1ccc([C@](C)(O)CS(=O)(=O)Cc2ccccc2)cc1. The zero-order valence-corrected chi connectivity index (χ0v) is 13.1. The van der Waals surface area contributed by atoms with Crippen molar-refractivity contribution >= 4 is 9.84 Å². The fourth-order valence-electron chi connectivity index (χ4n) is 2.30. The second kappa shape index (κ2) is 6.00. The lowest BCUT2D eigenvalue weighted by atomic mass is 9.97. The highest BCUT2D eigenvalue weighted by atomic mass is 32.2. The average molecular weight is 304 g/mol. The average Bonchev–Trinajstić information content (AvgIpc) is 2.38. The van der Waals surface area contributed by atoms with E-state index >= 15 is 0 Å². The highest BCUT2D eigenvalue weighted by Crippen LogP contribution is 2.24. The van der Waals surface area contributed by atoms with Crippen molar-refractivity contribution in [1.29, 1.82) is 0 Å². The first-order valence-corrected chi connectivity index (χ1v) is 8.64. The van der Waals surface area contributed by atoms with Crippen LogP contribution in [0.2, 0.25) is 0 Å². The van der Waals surface area contributed by atoms with Crippen LogP contribution in [0.4, 0.5) is 0 Å². The molecule has 0 heterocycles. The van der Waals surface area contributed by atoms with Gasteiger partial charge in [0, 0.05) is 0 Å². The van der Waals surface area contributed by atoms with Gasteiger partial charge in [0.1, 0.15) is 5.60 Å². The molecule has 0 bridgehead atoms. The Morgan fingerprint density at radius 1 is 1.00 bits per heavy atom. The van der Waals surface area contributed by atoms with Crippen molar-refractivity contribution < 1.29 is 13.5 Å². The van der Waals surface area contributed by atoms with Crippen molar-refractivity contribution in [2.45, 2.75) is 25.2 Å². The lowest BCUT2D eigenvalue weighted by Gasteiger charge is -2.24. The van der Waals surface area contributed by atoms with Crippen LogP contribution in [0.25, 0.3) is 0 Å². The minimum atomic E-state index is -3.40. The van der Waals surface area contributed by atoms with Crippen molar-refractivity contribution in [2.24, 2.45) is 0 Å². The third kappa shape index (κ3) is 4.41. The van der Waals surface area contributed by atoms with Crippen LogP contribution in [-0.4, -0.2) is 19.3 Å². The predicted molar refractivity (Wildman–Crippen MR) is 84.7 cm³/mol. The number of aryl methyl sites for hydroxylation is 1. The van der Waals surface area contributed by atoms with Crippen LogP contribution in [0.5, 0.6) is 0 Å². The Hall–Kier alpha value is -1.65. The summed E-state index contributed by atoms with van der Waals surface area (Å²) in [7, 11) is -3.40. The van der Waals surface area contributed by atoms with Gasteiger partial charge in [-0.25, -0.2) is 8.42 Å². The monoisotopic (exact) mass is 304 g/mol. The Bertz CT molecular complexity index is 687. The van der Waals surface area contributed by atoms with Crippen molar-refractivity contribution in [3.05, 3.63) is 71.3 Å². The minimum Gasteiger partial charge on any atom is -0.384 e. The summed E-state index contributed by atoms with van der Waals surface area (Å²) in [5.74, 6) is -0.353. The maximum Gasteiger partial charge on any atom is 0.157 e. The molecule has 0 unspecified atom stereocenters. The van der Waals surface area contributed by atoms with Gasteiger partial charge in [0.2, 0.25) is 0 Å². The quantitative estimate of drug-likeness (QED) is 0.924. The summed E-state index contributed by atoms with van der Waals surface area (Å²) in [6, 6.07) is 16.3. The number of benzene rings is 2. The fourth-order valence-corrected chi connectivity index (χ4v) is 4.13. The minimum absolute atomic E-state index is 0.0597. The van der Waals surface area contributed by atoms with Gasteiger partial charge in [0.15, 0.2) is 9.84 Å². The van der Waals surface area contributed by atoms with Crippen LogP contribution in [-0.2, 0) is 21.2 Å². The van der Waals surface area contributed by atoms with E-state index in [0.29, 0.717) is 5.56 Å². The molecule has 2 aromatic carbocycles. The molecule has 4 heteroatoms. The lowest BCUT2D eigenvalue weighted by Crippen LogP contribution is -2.31. The summed E-state index contributed by atoms with van der Waals surface area (Å²) < 4.78 is 24.6. The maximum absolute atomic E-state index is 12.3. The largest absolute Gasteiger partial charge is 0.384 e. The van der Waals surface area contributed by atoms with Gasteiger partial charge in [0.05, 0.1) is 11.5 Å². The van der Waals surface area contributed by atoms with Gasteiger partial charge in [-0.15, -0.1) is 0 Å². The molecule has 1 N–H and O–H groups in total. The van der Waals surface area contributed by atoms with Gasteiger partial charge in [-0.3, -0.25) is 0 Å². The van der Waals surface area contributed by atoms with Gasteiger partial charge in [-0.05, 0) is 25.0 Å². The van der Waals surface area contributed by atoms with E-state index in [4.69, 9.17) is 0 Å². The van der Waals surface area contributed by atoms with E-state index in [2.05, 4.69) is 0 Å². The van der Waals surface area contributed by atoms with E-state index in [9.17, 15) is 13.5 Å². The van der Waals surface area contributed by atoms with Crippen LogP contribution in [0.15, 0.2) is 54.6 Å². The molecule has 0 spiro atoms. The molecular formula is C17H20O3S. The molecule has 1 atom stereocenters. The topological polar surface area (TPSA) is 54.4 Å². The van der Waals surface area contributed by atoms with E-state index in [1.54, 1.807) is 31.2 Å². The third-order valence-corrected chi connectivity index (χ3v) is 5.18. The van der Waals surface area contributed by atoms with Crippen molar-refractivity contribution in [3.63, 3.8) is 0 Å². The number of hydrogen-bond donors (Lipinski definition) is 1. The molecule has 0 aliphatic carbocycles. The molecule has 0 amide bonds. The Labute approximate surface area is 126 Å². The van der Waals surface area contributed by atoms with Gasteiger partial charge < -0.3 is 5.11 Å². The van der Waals surface area contributed by atoms with Crippen molar-refractivity contribution in [1.82, 2.24) is 0 Å². The Kier molecular flexibility index (Phi) is 4.49. The van der Waals surface area contributed by atoms with E-state index in [0.717, 1.165) is 11.1 Å². The molecule has 0 aliphatic heterocycles. The van der Waals surface area contributed by atoms with Gasteiger partial charge >= 0.3 is 0 Å². The maximum atomic E-state index is 12.3. The molecular weight excluding hydrogens is 284 g/mol. The van der Waals surface area contributed by atoms with Gasteiger partial charge in [-0.1, -0.05) is 60.2 Å². The number of rotatable bonds is 5. The molecule has 0 radical (unpaired) electrons. The Balaban J connectivity index is 2.17. The van der Waals surface area contributed by atoms with Crippen LogP contribution in [0, 0.1) is 6.92 Å². The second-order valence-corrected chi connectivity index (χ2v) is 7.72. The van der Waals surface area contributed by atoms with Crippen molar-refractivity contribution in [3.8, 4) is 0 Å². The van der Waals surface area contributed by atoms with Crippen LogP contribution in [0.3, 0.4) is 0 Å². The first-order chi connectivity index (χ1) is 9.78. The van der Waals surface area contributed by atoms with Crippen LogP contribution in [0.1, 0.15) is 23.6 Å². The highest BCUT2D eigenvalue weighted by molar-refractivity contribution is 7.90. The highest BCUT2D eigenvalue weighted by Gasteiger charge is 2.30. The molecule has 2 rings (SSSR count). The molecule has 112 valence electrons. The lowest BCUT2D eigenvalue weighted by molar-refractivity contribution is 0.0819. The van der Waals surface area contributed by atoms with E-state index < -0.39 is 15.4 Å². The molecule has 0 aromatic heterocycles. The molecule has 0 fully saturated rings. The summed E-state index contributed by atoms with van der Waals surface area (Å²) in [6.45, 7) is 3.49. The van der Waals surface area contributed by atoms with E-state index in [-0.39, 0.29) is 11.5 Å². The number of sulfone groups is 1. The molecule has 0 saturated carbocycles. The first kappa shape index (κ1) is 15.7. The third-order valence-electron chi connectivity index (χ3n) is 3.40. The van der Waals surface area contributed by atoms with Crippen molar-refractivity contribution in [2.75, 3.05) is 5.75 Å². The van der Waals surface area contributed by atoms with Gasteiger partial charge in [0.25, 0.3) is 0 Å². The Morgan fingerprint density at radius 2 is 1.57 bits per heavy atom. The molecule has 2 aromatic rings. The summed E-state index contributed by atoms with van der Waals surface area (Å²) in [5, 5.41) is 10.5. The molecule has 3 nitrogen and oxygen atoms in total. The van der Waals surface area contributed by atoms with Gasteiger partial charge in [-0.2, -0.15) is 0 Å². The number of aliphatic hydroxyl groups is 1. The zero-order valence-electron chi connectivity index (χ0n) is 12.3. The second-order valence-electron chi connectivity index (χ2n) is 5.66. The summed E-state index contributed by atoms with van der Waals surface area (Å²) >= 11 is 0. The van der Waals surface area contributed by atoms with E-state index in [1.165, 1.54) is 0 Å². The zero-order chi connectivity index (χ0) is 15.5. The fraction of sp³-hybridized carbons (Fsp3) is 0.294. The summed E-state index contributed by atoms with van der Waals surface area (Å²) in [4.78, 5) is 0. The summed E-state index contributed by atoms with van der Waals surface area (Å²) in [6.07, 6.45) is 0. The summed E-state index contributed by atoms with van der Waals surface area (Å²) in [5.41, 5.74) is 1.03. The smallest absolute Gasteiger partial charge is 0.157 e. The van der Waals surface area contributed by atoms with E-state index in [1.807, 2.05) is 37.3 Å². The molecule has 0 aliphatic rings. The Morgan fingerprint density at radius 3 is 2.14 bits per heavy atom. The van der Waals surface area contributed by atoms with Crippen LogP contribution >= 0.6 is 0 Å². The van der Waals surface area contributed by atoms with Crippen LogP contribution < -0.4 is 0 Å². The predicted octanol–water partition coefficient (Wildman–Crippen LogP) is 2.82. The standard InChI is InChI=1S/C17H20O3S/c1-14-8-10-16(11-9-14)17(2,18)13-21(19,20)12-15-6-4-3-5-7-15/h3-11,18H,12-13H2,1-2H3/t17-/m1/s1.